The zero-order valence-electron chi connectivity index (χ0n) is 17.2. The second-order valence-electron chi connectivity index (χ2n) is 7.41. The van der Waals surface area contributed by atoms with E-state index in [0.717, 1.165) is 29.8 Å². The number of rotatable bonds is 8. The monoisotopic (exact) mass is 382 g/mol. The van der Waals surface area contributed by atoms with Crippen LogP contribution < -0.4 is 10.1 Å². The zero-order valence-corrected chi connectivity index (χ0v) is 17.2. The molecule has 1 aliphatic rings. The lowest BCUT2D eigenvalue weighted by Gasteiger charge is -2.47. The first-order valence-corrected chi connectivity index (χ1v) is 9.95. The van der Waals surface area contributed by atoms with Gasteiger partial charge in [0.25, 0.3) is 5.91 Å². The number of hydrogen-bond donors (Lipinski definition) is 1. The Hall–Kier alpha value is -2.53. The van der Waals surface area contributed by atoms with E-state index in [4.69, 9.17) is 9.47 Å². The third-order valence-corrected chi connectivity index (χ3v) is 5.36. The van der Waals surface area contributed by atoms with Gasteiger partial charge in [-0.1, -0.05) is 31.2 Å². The molecule has 150 valence electrons. The summed E-state index contributed by atoms with van der Waals surface area (Å²) in [6, 6.07) is 15.7. The van der Waals surface area contributed by atoms with Gasteiger partial charge in [0.15, 0.2) is 0 Å². The van der Waals surface area contributed by atoms with Crippen LogP contribution >= 0.6 is 0 Å². The standard InChI is InChI=1S/C23H30N2O3/c1-5-17(2)28-19-11-8-10-18(16-19)23(3)24-21-13-7-6-12-20(21)22(26)25(23)14-9-15-27-4/h6-8,10-13,16-17,24H,5,9,14-15H2,1-4H3. The van der Waals surface area contributed by atoms with Gasteiger partial charge < -0.3 is 19.7 Å². The number of nitrogens with one attached hydrogen (secondary N) is 1. The summed E-state index contributed by atoms with van der Waals surface area (Å²) in [5.41, 5.74) is 1.87. The number of anilines is 1. The molecular weight excluding hydrogens is 352 g/mol. The fraction of sp³-hybridized carbons (Fsp3) is 0.435. The average Bonchev–Trinajstić information content (AvgIpc) is 2.70. The van der Waals surface area contributed by atoms with E-state index in [2.05, 4.69) is 26.1 Å². The van der Waals surface area contributed by atoms with Crippen LogP contribution in [0.3, 0.4) is 0 Å². The molecule has 1 N–H and O–H groups in total. The van der Waals surface area contributed by atoms with Crippen LogP contribution in [0.15, 0.2) is 48.5 Å². The summed E-state index contributed by atoms with van der Waals surface area (Å²) in [5, 5.41) is 3.60. The molecule has 2 aromatic rings. The van der Waals surface area contributed by atoms with Gasteiger partial charge in [0.1, 0.15) is 11.4 Å². The number of ether oxygens (including phenoxy) is 2. The molecule has 2 unspecified atom stereocenters. The molecular formula is C23H30N2O3. The third-order valence-electron chi connectivity index (χ3n) is 5.36. The first kappa shape index (κ1) is 20.2. The summed E-state index contributed by atoms with van der Waals surface area (Å²) in [6.07, 6.45) is 1.85. The second kappa shape index (κ2) is 8.65. The second-order valence-corrected chi connectivity index (χ2v) is 7.41. The number of nitrogens with zero attached hydrogens (tertiary/aromatic N) is 1. The van der Waals surface area contributed by atoms with E-state index in [1.54, 1.807) is 7.11 Å². The molecule has 3 rings (SSSR count). The summed E-state index contributed by atoms with van der Waals surface area (Å²) < 4.78 is 11.2. The predicted octanol–water partition coefficient (Wildman–Crippen LogP) is 4.64. The van der Waals surface area contributed by atoms with Crippen LogP contribution in [0.25, 0.3) is 0 Å². The number of carbonyl (C=O) groups is 1. The Kier molecular flexibility index (Phi) is 6.25. The minimum absolute atomic E-state index is 0.0289. The van der Waals surface area contributed by atoms with Crippen LogP contribution in [0.4, 0.5) is 5.69 Å². The Labute approximate surface area is 167 Å². The number of methoxy groups -OCH3 is 1. The van der Waals surface area contributed by atoms with E-state index in [9.17, 15) is 4.79 Å². The van der Waals surface area contributed by atoms with Gasteiger partial charge in [0.05, 0.1) is 11.7 Å². The van der Waals surface area contributed by atoms with Crippen LogP contribution in [-0.4, -0.2) is 37.2 Å². The van der Waals surface area contributed by atoms with Crippen molar-refractivity contribution in [3.8, 4) is 5.75 Å². The van der Waals surface area contributed by atoms with Crippen molar-refractivity contribution in [2.75, 3.05) is 25.6 Å². The van der Waals surface area contributed by atoms with E-state index < -0.39 is 5.66 Å². The molecule has 0 radical (unpaired) electrons. The fourth-order valence-corrected chi connectivity index (χ4v) is 3.56. The van der Waals surface area contributed by atoms with Crippen molar-refractivity contribution < 1.29 is 14.3 Å². The van der Waals surface area contributed by atoms with E-state index >= 15 is 0 Å². The molecule has 0 saturated carbocycles. The normalized spacial score (nSPS) is 19.7. The van der Waals surface area contributed by atoms with Crippen molar-refractivity contribution in [3.05, 3.63) is 59.7 Å². The van der Waals surface area contributed by atoms with E-state index in [-0.39, 0.29) is 12.0 Å². The maximum absolute atomic E-state index is 13.3. The maximum atomic E-state index is 13.3. The van der Waals surface area contributed by atoms with Crippen LogP contribution in [-0.2, 0) is 10.4 Å². The number of para-hydroxylation sites is 1. The van der Waals surface area contributed by atoms with Gasteiger partial charge in [0.2, 0.25) is 0 Å². The number of benzene rings is 2. The molecule has 28 heavy (non-hydrogen) atoms. The third kappa shape index (κ3) is 3.99. The molecule has 0 fully saturated rings. The van der Waals surface area contributed by atoms with Gasteiger partial charge in [-0.15, -0.1) is 0 Å². The quantitative estimate of drug-likeness (QED) is 0.676. The van der Waals surface area contributed by atoms with Crippen molar-refractivity contribution in [2.24, 2.45) is 0 Å². The van der Waals surface area contributed by atoms with Crippen LogP contribution in [0, 0.1) is 0 Å². The summed E-state index contributed by atoms with van der Waals surface area (Å²) in [4.78, 5) is 15.2. The van der Waals surface area contributed by atoms with E-state index in [1.807, 2.05) is 53.4 Å². The Bertz CT molecular complexity index is 823. The largest absolute Gasteiger partial charge is 0.491 e. The molecule has 1 aliphatic heterocycles. The Balaban J connectivity index is 1.99. The Morgan fingerprint density at radius 3 is 2.71 bits per heavy atom. The minimum Gasteiger partial charge on any atom is -0.491 e. The number of fused-ring (bicyclic) bond motifs is 1. The molecule has 0 aliphatic carbocycles. The smallest absolute Gasteiger partial charge is 0.258 e. The lowest BCUT2D eigenvalue weighted by Crippen LogP contribution is -2.56. The lowest BCUT2D eigenvalue weighted by molar-refractivity contribution is 0.0503. The summed E-state index contributed by atoms with van der Waals surface area (Å²) in [5.74, 6) is 0.847. The first-order valence-electron chi connectivity index (χ1n) is 9.95. The fourth-order valence-electron chi connectivity index (χ4n) is 3.56. The zero-order chi connectivity index (χ0) is 20.1. The van der Waals surface area contributed by atoms with Crippen molar-refractivity contribution >= 4 is 11.6 Å². The highest BCUT2D eigenvalue weighted by molar-refractivity contribution is 6.02. The number of amides is 1. The molecule has 2 atom stereocenters. The molecule has 0 spiro atoms. The van der Waals surface area contributed by atoms with Gasteiger partial charge in [-0.05, 0) is 51.0 Å². The summed E-state index contributed by atoms with van der Waals surface area (Å²) in [6.45, 7) is 7.42. The Morgan fingerprint density at radius 1 is 1.18 bits per heavy atom. The molecule has 0 aromatic heterocycles. The first-order chi connectivity index (χ1) is 13.5. The van der Waals surface area contributed by atoms with Gasteiger partial charge in [-0.2, -0.15) is 0 Å². The van der Waals surface area contributed by atoms with Crippen molar-refractivity contribution in [3.63, 3.8) is 0 Å². The molecule has 5 nitrogen and oxygen atoms in total. The van der Waals surface area contributed by atoms with E-state index in [0.29, 0.717) is 18.7 Å². The minimum atomic E-state index is -0.673. The highest BCUT2D eigenvalue weighted by atomic mass is 16.5. The van der Waals surface area contributed by atoms with Gasteiger partial charge in [-0.3, -0.25) is 4.79 Å². The van der Waals surface area contributed by atoms with Crippen LogP contribution in [0.5, 0.6) is 5.75 Å². The van der Waals surface area contributed by atoms with E-state index in [1.165, 1.54) is 0 Å². The predicted molar refractivity (Wildman–Crippen MR) is 112 cm³/mol. The summed E-state index contributed by atoms with van der Waals surface area (Å²) in [7, 11) is 1.68. The number of carbonyl (C=O) groups excluding carboxylic acids is 1. The van der Waals surface area contributed by atoms with Gasteiger partial charge >= 0.3 is 0 Å². The highest BCUT2D eigenvalue weighted by Gasteiger charge is 2.42. The van der Waals surface area contributed by atoms with Crippen LogP contribution in [0.1, 0.15) is 49.5 Å². The molecule has 1 heterocycles. The molecule has 0 saturated heterocycles. The maximum Gasteiger partial charge on any atom is 0.258 e. The topological polar surface area (TPSA) is 50.8 Å². The SMILES string of the molecule is CCC(C)Oc1cccc(C2(C)Nc3ccccc3C(=O)N2CCCOC)c1. The van der Waals surface area contributed by atoms with Crippen molar-refractivity contribution in [1.29, 1.82) is 0 Å². The summed E-state index contributed by atoms with van der Waals surface area (Å²) >= 11 is 0. The molecule has 1 amide bonds. The van der Waals surface area contributed by atoms with Crippen molar-refractivity contribution in [1.82, 2.24) is 4.90 Å². The number of hydrogen-bond acceptors (Lipinski definition) is 4. The van der Waals surface area contributed by atoms with Crippen molar-refractivity contribution in [2.45, 2.75) is 45.4 Å². The highest BCUT2D eigenvalue weighted by Crippen LogP contribution is 2.38. The average molecular weight is 383 g/mol. The van der Waals surface area contributed by atoms with Gasteiger partial charge in [-0.25, -0.2) is 0 Å². The Morgan fingerprint density at radius 2 is 1.96 bits per heavy atom. The molecule has 2 aromatic carbocycles. The lowest BCUT2D eigenvalue weighted by atomic mass is 9.93. The van der Waals surface area contributed by atoms with Gasteiger partial charge in [0, 0.05) is 31.5 Å². The molecule has 0 bridgehead atoms. The molecule has 5 heteroatoms. The van der Waals surface area contributed by atoms with Crippen LogP contribution in [0.2, 0.25) is 0 Å².